The molecule has 0 saturated heterocycles. The summed E-state index contributed by atoms with van der Waals surface area (Å²) in [6.07, 6.45) is 3.56. The number of anilines is 4. The van der Waals surface area contributed by atoms with Crippen molar-refractivity contribution in [3.8, 4) is 0 Å². The van der Waals surface area contributed by atoms with E-state index in [9.17, 15) is 22.8 Å². The normalized spacial score (nSPS) is 17.5. The molecule has 0 radical (unpaired) electrons. The van der Waals surface area contributed by atoms with Gasteiger partial charge in [-0.15, -0.1) is 0 Å². The molecule has 2 atom stereocenters. The molecule has 2 unspecified atom stereocenters. The minimum absolute atomic E-state index is 0.0142. The standard InChI is InChI=1S/C33H39F3N8O3/c1-8-28(47-22(4)18-42(5)6)37-16-21(3)39-31-38-17-24-19-44(32(46)43(7)29(24)41-31)27-15-26(13-12-20(27)2)40-30(45)23-10-9-11-25(14-23)33(34,35)36/h8-13,15-17,22,25H,3,14,18-19H2,1-2,4-7H3,(H,40,45)(H,38,39,41)/b28-8+,37-16?. The Bertz CT molecular complexity index is 1650. The number of rotatable bonds is 11. The fourth-order valence-electron chi connectivity index (χ4n) is 5.07. The van der Waals surface area contributed by atoms with Gasteiger partial charge in [0, 0.05) is 36.6 Å². The smallest absolute Gasteiger partial charge is 0.395 e. The minimum Gasteiger partial charge on any atom is -0.474 e. The van der Waals surface area contributed by atoms with Gasteiger partial charge in [0.2, 0.25) is 11.8 Å². The topological polar surface area (TPSA) is 115 Å². The fourth-order valence-corrected chi connectivity index (χ4v) is 5.07. The Morgan fingerprint density at radius 2 is 2.04 bits per heavy atom. The number of alkyl halides is 3. The summed E-state index contributed by atoms with van der Waals surface area (Å²) in [5.41, 5.74) is 2.70. The van der Waals surface area contributed by atoms with Crippen LogP contribution in [0.4, 0.5) is 41.1 Å². The highest BCUT2D eigenvalue weighted by Crippen LogP contribution is 2.36. The number of urea groups is 1. The average molecular weight is 653 g/mol. The summed E-state index contributed by atoms with van der Waals surface area (Å²) in [4.78, 5) is 44.6. The van der Waals surface area contributed by atoms with Crippen molar-refractivity contribution < 1.29 is 27.5 Å². The molecule has 0 spiro atoms. The minimum atomic E-state index is -4.44. The second-order valence-corrected chi connectivity index (χ2v) is 11.6. The SMILES string of the molecule is C=C(C=N/C(=C\C)OC(C)CN(C)C)Nc1ncc2c(n1)N(C)C(=O)N(c1cc(NC(=O)C3=CC=CC(C(F)(F)F)C3)ccc1C)C2. The summed E-state index contributed by atoms with van der Waals surface area (Å²) in [5, 5.41) is 5.66. The number of hydrogen-bond donors (Lipinski definition) is 2. The van der Waals surface area contributed by atoms with Crippen LogP contribution < -0.4 is 20.4 Å². The maximum Gasteiger partial charge on any atom is 0.395 e. The van der Waals surface area contributed by atoms with E-state index in [0.717, 1.165) is 18.2 Å². The van der Waals surface area contributed by atoms with Crippen LogP contribution in [0.3, 0.4) is 0 Å². The number of allylic oxidation sites excluding steroid dienone is 5. The highest BCUT2D eigenvalue weighted by Gasteiger charge is 2.39. The number of nitrogens with zero attached hydrogens (tertiary/aromatic N) is 6. The number of aliphatic imine (C=N–C) groups is 1. The molecule has 11 nitrogen and oxygen atoms in total. The number of amides is 3. The zero-order valence-corrected chi connectivity index (χ0v) is 27.2. The van der Waals surface area contributed by atoms with E-state index in [1.807, 2.05) is 39.8 Å². The molecule has 4 rings (SSSR count). The molecule has 1 aliphatic heterocycles. The molecule has 14 heteroatoms. The maximum atomic E-state index is 13.5. The Labute approximate surface area is 272 Å². The molecule has 1 aromatic carbocycles. The quantitative estimate of drug-likeness (QED) is 0.220. The van der Waals surface area contributed by atoms with E-state index in [4.69, 9.17) is 4.74 Å². The molecule has 0 saturated carbocycles. The molecule has 47 heavy (non-hydrogen) atoms. The summed E-state index contributed by atoms with van der Waals surface area (Å²) in [7, 11) is 5.51. The molecular weight excluding hydrogens is 613 g/mol. The number of fused-ring (bicyclic) bond motifs is 1. The summed E-state index contributed by atoms with van der Waals surface area (Å²) < 4.78 is 45.5. The van der Waals surface area contributed by atoms with Gasteiger partial charge in [-0.2, -0.15) is 18.2 Å². The molecule has 2 aromatic rings. The van der Waals surface area contributed by atoms with Crippen LogP contribution in [0.2, 0.25) is 0 Å². The molecule has 1 aromatic heterocycles. The zero-order chi connectivity index (χ0) is 34.5. The lowest BCUT2D eigenvalue weighted by atomic mass is 9.93. The Kier molecular flexibility index (Phi) is 10.9. The number of carbonyl (C=O) groups excluding carboxylic acids is 2. The third kappa shape index (κ3) is 8.85. The monoisotopic (exact) mass is 652 g/mol. The fraction of sp³-hybridized carbons (Fsp3) is 0.364. The van der Waals surface area contributed by atoms with Crippen LogP contribution in [0.1, 0.15) is 31.4 Å². The number of likely N-dealkylation sites (N-methyl/N-ethyl adjacent to an activating group) is 1. The third-order valence-electron chi connectivity index (χ3n) is 7.37. The number of nitrogens with one attached hydrogen (secondary N) is 2. The lowest BCUT2D eigenvalue weighted by molar-refractivity contribution is -0.161. The van der Waals surface area contributed by atoms with Crippen molar-refractivity contribution in [1.29, 1.82) is 0 Å². The predicted molar refractivity (Wildman–Crippen MR) is 177 cm³/mol. The first-order chi connectivity index (χ1) is 22.2. The van der Waals surface area contributed by atoms with Crippen molar-refractivity contribution in [1.82, 2.24) is 14.9 Å². The van der Waals surface area contributed by atoms with E-state index in [1.54, 1.807) is 37.5 Å². The van der Waals surface area contributed by atoms with Crippen LogP contribution in [0.25, 0.3) is 0 Å². The molecule has 1 aliphatic carbocycles. The first kappa shape index (κ1) is 34.9. The molecule has 3 amide bonds. The number of benzene rings is 1. The summed E-state index contributed by atoms with van der Waals surface area (Å²) in [6, 6.07) is 4.61. The van der Waals surface area contributed by atoms with Gasteiger partial charge >= 0.3 is 12.2 Å². The van der Waals surface area contributed by atoms with E-state index in [1.165, 1.54) is 28.2 Å². The van der Waals surface area contributed by atoms with Gasteiger partial charge in [-0.1, -0.05) is 30.9 Å². The van der Waals surface area contributed by atoms with Gasteiger partial charge in [0.25, 0.3) is 5.91 Å². The predicted octanol–water partition coefficient (Wildman–Crippen LogP) is 6.19. The number of ether oxygens (including phenoxy) is 1. The van der Waals surface area contributed by atoms with Gasteiger partial charge in [-0.05, 0) is 65.1 Å². The average Bonchev–Trinajstić information content (AvgIpc) is 3.01. The molecular formula is C33H39F3N8O3. The van der Waals surface area contributed by atoms with E-state index in [0.29, 0.717) is 34.3 Å². The molecule has 0 bridgehead atoms. The van der Waals surface area contributed by atoms with Crippen LogP contribution >= 0.6 is 0 Å². The molecule has 250 valence electrons. The summed E-state index contributed by atoms with van der Waals surface area (Å²) in [6.45, 7) is 10.4. The van der Waals surface area contributed by atoms with Crippen LogP contribution in [0.15, 0.2) is 77.4 Å². The Morgan fingerprint density at radius 1 is 1.30 bits per heavy atom. The van der Waals surface area contributed by atoms with E-state index >= 15 is 0 Å². The van der Waals surface area contributed by atoms with Crippen molar-refractivity contribution in [2.75, 3.05) is 48.1 Å². The Morgan fingerprint density at radius 3 is 2.72 bits per heavy atom. The van der Waals surface area contributed by atoms with Crippen molar-refractivity contribution in [3.63, 3.8) is 0 Å². The number of hydrogen-bond acceptors (Lipinski definition) is 8. The first-order valence-corrected chi connectivity index (χ1v) is 14.9. The van der Waals surface area contributed by atoms with Gasteiger partial charge in [0.1, 0.15) is 11.9 Å². The van der Waals surface area contributed by atoms with Gasteiger partial charge in [-0.25, -0.2) is 14.8 Å². The van der Waals surface area contributed by atoms with Crippen LogP contribution in [0, 0.1) is 12.8 Å². The third-order valence-corrected chi connectivity index (χ3v) is 7.37. The number of aryl methyl sites for hydroxylation is 1. The van der Waals surface area contributed by atoms with Gasteiger partial charge in [0.15, 0.2) is 0 Å². The van der Waals surface area contributed by atoms with E-state index < -0.39 is 24.4 Å². The largest absolute Gasteiger partial charge is 0.474 e. The highest BCUT2D eigenvalue weighted by molar-refractivity contribution is 6.07. The lowest BCUT2D eigenvalue weighted by Crippen LogP contribution is -2.46. The van der Waals surface area contributed by atoms with Gasteiger partial charge in [0.05, 0.1) is 30.1 Å². The van der Waals surface area contributed by atoms with Crippen molar-refractivity contribution in [3.05, 3.63) is 83.6 Å². The number of carbonyl (C=O) groups is 2. The second kappa shape index (κ2) is 14.6. The van der Waals surface area contributed by atoms with E-state index in [-0.39, 0.29) is 30.2 Å². The van der Waals surface area contributed by atoms with Crippen LogP contribution in [-0.2, 0) is 16.1 Å². The van der Waals surface area contributed by atoms with Crippen molar-refractivity contribution in [2.45, 2.75) is 46.0 Å². The second-order valence-electron chi connectivity index (χ2n) is 11.6. The Balaban J connectivity index is 1.45. The summed E-state index contributed by atoms with van der Waals surface area (Å²) >= 11 is 0. The lowest BCUT2D eigenvalue weighted by Gasteiger charge is -2.35. The van der Waals surface area contributed by atoms with Crippen molar-refractivity contribution >= 4 is 41.3 Å². The Hall–Kier alpha value is -4.98. The van der Waals surface area contributed by atoms with Gasteiger partial charge in [-0.3, -0.25) is 14.6 Å². The highest BCUT2D eigenvalue weighted by atomic mass is 19.4. The maximum absolute atomic E-state index is 13.5. The van der Waals surface area contributed by atoms with Crippen molar-refractivity contribution in [2.24, 2.45) is 10.9 Å². The molecule has 2 aliphatic rings. The first-order valence-electron chi connectivity index (χ1n) is 14.9. The molecule has 2 heterocycles. The summed E-state index contributed by atoms with van der Waals surface area (Å²) in [5.74, 6) is -1.30. The number of aromatic nitrogens is 2. The van der Waals surface area contributed by atoms with E-state index in [2.05, 4.69) is 32.2 Å². The van der Waals surface area contributed by atoms with Crippen LogP contribution in [0.5, 0.6) is 0 Å². The van der Waals surface area contributed by atoms with Crippen LogP contribution in [-0.4, -0.2) is 73.0 Å². The molecule has 0 fully saturated rings. The molecule has 2 N–H and O–H groups in total. The zero-order valence-electron chi connectivity index (χ0n) is 27.2. The van der Waals surface area contributed by atoms with Gasteiger partial charge < -0.3 is 20.3 Å². The number of halogens is 3.